The molecule has 2 rings (SSSR count). The summed E-state index contributed by atoms with van der Waals surface area (Å²) in [6.45, 7) is 2.18. The van der Waals surface area contributed by atoms with E-state index in [1.54, 1.807) is 24.3 Å². The Morgan fingerprint density at radius 1 is 1.05 bits per heavy atom. The molecule has 0 spiro atoms. The first-order valence-electron chi connectivity index (χ1n) is 6.28. The zero-order chi connectivity index (χ0) is 14.4. The number of nitrogens with one attached hydrogen (secondary N) is 2. The number of nitriles is 1. The number of amides is 1. The van der Waals surface area contributed by atoms with Crippen molar-refractivity contribution in [1.29, 1.82) is 5.26 Å². The molecule has 0 fully saturated rings. The molecule has 0 radical (unpaired) electrons. The third-order valence-corrected chi connectivity index (χ3v) is 2.80. The highest BCUT2D eigenvalue weighted by molar-refractivity contribution is 5.93. The molecule has 0 saturated carbocycles. The number of carbonyl (C=O) groups is 1. The summed E-state index contributed by atoms with van der Waals surface area (Å²) in [7, 11) is 0. The van der Waals surface area contributed by atoms with Crippen LogP contribution in [0.1, 0.15) is 11.1 Å². The molecule has 20 heavy (non-hydrogen) atoms. The summed E-state index contributed by atoms with van der Waals surface area (Å²) < 4.78 is 0. The molecule has 2 aromatic rings. The lowest BCUT2D eigenvalue weighted by atomic mass is 10.2. The van der Waals surface area contributed by atoms with Gasteiger partial charge in [-0.15, -0.1) is 0 Å². The van der Waals surface area contributed by atoms with Gasteiger partial charge in [0.2, 0.25) is 5.91 Å². The maximum Gasteiger partial charge on any atom is 0.243 e. The standard InChI is InChI=1S/C16H15N3O/c1-12-2-6-15(7-3-12)19-16(20)11-18-14-8-4-13(10-17)5-9-14/h2-9,18H,11H2,1H3,(H,19,20). The Kier molecular flexibility index (Phi) is 4.35. The molecule has 0 aliphatic carbocycles. The Bertz CT molecular complexity index is 624. The van der Waals surface area contributed by atoms with Crippen LogP contribution in [-0.4, -0.2) is 12.5 Å². The lowest BCUT2D eigenvalue weighted by molar-refractivity contribution is -0.114. The second-order valence-corrected chi connectivity index (χ2v) is 4.46. The van der Waals surface area contributed by atoms with Gasteiger partial charge in [-0.3, -0.25) is 4.79 Å². The van der Waals surface area contributed by atoms with Gasteiger partial charge in [-0.1, -0.05) is 17.7 Å². The van der Waals surface area contributed by atoms with Crippen LogP contribution in [0.25, 0.3) is 0 Å². The maximum absolute atomic E-state index is 11.8. The van der Waals surface area contributed by atoms with E-state index in [0.29, 0.717) is 5.56 Å². The van der Waals surface area contributed by atoms with Crippen LogP contribution in [0.3, 0.4) is 0 Å². The number of nitrogens with zero attached hydrogens (tertiary/aromatic N) is 1. The second kappa shape index (κ2) is 6.39. The van der Waals surface area contributed by atoms with Crippen LogP contribution in [0, 0.1) is 18.3 Å². The van der Waals surface area contributed by atoms with Gasteiger partial charge in [0.05, 0.1) is 18.2 Å². The highest BCUT2D eigenvalue weighted by Gasteiger charge is 2.02. The van der Waals surface area contributed by atoms with Crippen LogP contribution in [0.4, 0.5) is 11.4 Å². The van der Waals surface area contributed by atoms with Crippen molar-refractivity contribution in [1.82, 2.24) is 0 Å². The normalized spacial score (nSPS) is 9.60. The molecule has 4 heteroatoms. The monoisotopic (exact) mass is 265 g/mol. The van der Waals surface area contributed by atoms with E-state index in [1.807, 2.05) is 37.3 Å². The summed E-state index contributed by atoms with van der Waals surface area (Å²) in [5, 5.41) is 14.5. The van der Waals surface area contributed by atoms with Crippen LogP contribution >= 0.6 is 0 Å². The van der Waals surface area contributed by atoms with Gasteiger partial charge in [0, 0.05) is 11.4 Å². The molecular weight excluding hydrogens is 250 g/mol. The van der Waals surface area contributed by atoms with Gasteiger partial charge in [0.25, 0.3) is 0 Å². The molecule has 0 aromatic heterocycles. The maximum atomic E-state index is 11.8. The highest BCUT2D eigenvalue weighted by atomic mass is 16.1. The Morgan fingerprint density at radius 2 is 1.65 bits per heavy atom. The number of aryl methyl sites for hydroxylation is 1. The third kappa shape index (κ3) is 3.85. The van der Waals surface area contributed by atoms with E-state index in [2.05, 4.69) is 10.6 Å². The number of anilines is 2. The first-order valence-corrected chi connectivity index (χ1v) is 6.28. The van der Waals surface area contributed by atoms with E-state index >= 15 is 0 Å². The zero-order valence-electron chi connectivity index (χ0n) is 11.2. The lowest BCUT2D eigenvalue weighted by Gasteiger charge is -2.08. The van der Waals surface area contributed by atoms with Crippen molar-refractivity contribution in [2.45, 2.75) is 6.92 Å². The van der Waals surface area contributed by atoms with Crippen LogP contribution in [0.2, 0.25) is 0 Å². The van der Waals surface area contributed by atoms with Gasteiger partial charge in [-0.2, -0.15) is 5.26 Å². The average molecular weight is 265 g/mol. The Labute approximate surface area is 118 Å². The van der Waals surface area contributed by atoms with Crippen molar-refractivity contribution in [3.05, 3.63) is 59.7 Å². The smallest absolute Gasteiger partial charge is 0.243 e. The summed E-state index contributed by atoms with van der Waals surface area (Å²) in [6, 6.07) is 16.7. The predicted molar refractivity (Wildman–Crippen MR) is 79.5 cm³/mol. The molecular formula is C16H15N3O. The number of carbonyl (C=O) groups excluding carboxylic acids is 1. The largest absolute Gasteiger partial charge is 0.376 e. The molecule has 100 valence electrons. The summed E-state index contributed by atoms with van der Waals surface area (Å²) in [6.07, 6.45) is 0. The molecule has 0 unspecified atom stereocenters. The van der Waals surface area contributed by atoms with Gasteiger partial charge >= 0.3 is 0 Å². The van der Waals surface area contributed by atoms with Crippen molar-refractivity contribution < 1.29 is 4.79 Å². The fourth-order valence-corrected chi connectivity index (χ4v) is 1.69. The van der Waals surface area contributed by atoms with Crippen molar-refractivity contribution in [3.8, 4) is 6.07 Å². The number of hydrogen-bond acceptors (Lipinski definition) is 3. The van der Waals surface area contributed by atoms with Crippen LogP contribution < -0.4 is 10.6 Å². The molecule has 0 atom stereocenters. The molecule has 2 aromatic carbocycles. The molecule has 1 amide bonds. The van der Waals surface area contributed by atoms with Crippen molar-refractivity contribution in [3.63, 3.8) is 0 Å². The van der Waals surface area contributed by atoms with E-state index in [0.717, 1.165) is 16.9 Å². The molecule has 0 aliphatic rings. The average Bonchev–Trinajstić information content (AvgIpc) is 2.48. The third-order valence-electron chi connectivity index (χ3n) is 2.80. The first-order chi connectivity index (χ1) is 9.67. The Balaban J connectivity index is 1.85. The number of hydrogen-bond donors (Lipinski definition) is 2. The molecule has 0 bridgehead atoms. The van der Waals surface area contributed by atoms with Gasteiger partial charge in [0.15, 0.2) is 0 Å². The van der Waals surface area contributed by atoms with E-state index in [-0.39, 0.29) is 12.5 Å². The Hall–Kier alpha value is -2.80. The van der Waals surface area contributed by atoms with Crippen molar-refractivity contribution in [2.75, 3.05) is 17.2 Å². The minimum atomic E-state index is -0.113. The van der Waals surface area contributed by atoms with E-state index in [1.165, 1.54) is 0 Å². The number of benzene rings is 2. The van der Waals surface area contributed by atoms with Crippen LogP contribution in [0.15, 0.2) is 48.5 Å². The highest BCUT2D eigenvalue weighted by Crippen LogP contribution is 2.10. The van der Waals surface area contributed by atoms with Gasteiger partial charge < -0.3 is 10.6 Å². The fourth-order valence-electron chi connectivity index (χ4n) is 1.69. The first kappa shape index (κ1) is 13.6. The fraction of sp³-hybridized carbons (Fsp3) is 0.125. The number of rotatable bonds is 4. The summed E-state index contributed by atoms with van der Waals surface area (Å²) in [5.74, 6) is -0.113. The van der Waals surface area contributed by atoms with E-state index in [9.17, 15) is 4.79 Å². The van der Waals surface area contributed by atoms with Gasteiger partial charge in [0.1, 0.15) is 0 Å². The molecule has 0 heterocycles. The van der Waals surface area contributed by atoms with Crippen molar-refractivity contribution in [2.24, 2.45) is 0 Å². The van der Waals surface area contributed by atoms with Crippen molar-refractivity contribution >= 4 is 17.3 Å². The minimum absolute atomic E-state index is 0.113. The van der Waals surface area contributed by atoms with Crippen LogP contribution in [0.5, 0.6) is 0 Å². The lowest BCUT2D eigenvalue weighted by Crippen LogP contribution is -2.21. The van der Waals surface area contributed by atoms with E-state index in [4.69, 9.17) is 5.26 Å². The zero-order valence-corrected chi connectivity index (χ0v) is 11.2. The molecule has 0 aliphatic heterocycles. The van der Waals surface area contributed by atoms with Gasteiger partial charge in [-0.25, -0.2) is 0 Å². The molecule has 4 nitrogen and oxygen atoms in total. The summed E-state index contributed by atoms with van der Waals surface area (Å²) in [4.78, 5) is 11.8. The molecule has 2 N–H and O–H groups in total. The molecule has 0 saturated heterocycles. The minimum Gasteiger partial charge on any atom is -0.376 e. The van der Waals surface area contributed by atoms with Crippen LogP contribution in [-0.2, 0) is 4.79 Å². The topological polar surface area (TPSA) is 64.9 Å². The van der Waals surface area contributed by atoms with E-state index < -0.39 is 0 Å². The predicted octanol–water partition coefficient (Wildman–Crippen LogP) is 2.92. The SMILES string of the molecule is Cc1ccc(NC(=O)CNc2ccc(C#N)cc2)cc1. The summed E-state index contributed by atoms with van der Waals surface area (Å²) >= 11 is 0. The summed E-state index contributed by atoms with van der Waals surface area (Å²) in [5.41, 5.74) is 3.34. The second-order valence-electron chi connectivity index (χ2n) is 4.46. The Morgan fingerprint density at radius 3 is 2.25 bits per heavy atom. The quantitative estimate of drug-likeness (QED) is 0.893. The van der Waals surface area contributed by atoms with Gasteiger partial charge in [-0.05, 0) is 43.3 Å².